The number of hydrogen-bond acceptors (Lipinski definition) is 3. The Morgan fingerprint density at radius 3 is 2.57 bits per heavy atom. The van der Waals surface area contributed by atoms with Gasteiger partial charge in [0, 0.05) is 13.1 Å². The molecule has 1 spiro atoms. The summed E-state index contributed by atoms with van der Waals surface area (Å²) in [6.07, 6.45) is 2.60. The molecular weight excluding hydrogens is 176 g/mol. The van der Waals surface area contributed by atoms with E-state index in [1.165, 1.54) is 25.9 Å². The van der Waals surface area contributed by atoms with Crippen molar-refractivity contribution < 1.29 is 4.79 Å². The van der Waals surface area contributed by atoms with Gasteiger partial charge in [0.1, 0.15) is 5.78 Å². The fourth-order valence-electron chi connectivity index (χ4n) is 2.97. The van der Waals surface area contributed by atoms with Gasteiger partial charge >= 0.3 is 0 Å². The highest BCUT2D eigenvalue weighted by atomic mass is 16.1. The molecule has 2 aliphatic rings. The Hall–Kier alpha value is -0.410. The molecule has 2 saturated heterocycles. The first-order chi connectivity index (χ1) is 6.60. The molecule has 80 valence electrons. The number of carbonyl (C=O) groups is 1. The molecule has 0 saturated carbocycles. The molecule has 14 heavy (non-hydrogen) atoms. The van der Waals surface area contributed by atoms with Crippen LogP contribution in [0.5, 0.6) is 0 Å². The molecular formula is C11H20N2O. The first-order valence-corrected chi connectivity index (χ1v) is 5.50. The second-order valence-electron chi connectivity index (χ2n) is 5.15. The summed E-state index contributed by atoms with van der Waals surface area (Å²) >= 11 is 0. The molecule has 0 bridgehead atoms. The van der Waals surface area contributed by atoms with E-state index < -0.39 is 0 Å². The molecule has 2 aliphatic heterocycles. The van der Waals surface area contributed by atoms with E-state index in [0.717, 1.165) is 13.1 Å². The van der Waals surface area contributed by atoms with Crippen LogP contribution in [0.4, 0.5) is 0 Å². The lowest BCUT2D eigenvalue weighted by Gasteiger charge is -2.23. The predicted molar refractivity (Wildman–Crippen MR) is 56.3 cm³/mol. The summed E-state index contributed by atoms with van der Waals surface area (Å²) < 4.78 is 0. The number of likely N-dealkylation sites (tertiary alicyclic amines) is 2. The van der Waals surface area contributed by atoms with Gasteiger partial charge in [-0.3, -0.25) is 9.69 Å². The maximum absolute atomic E-state index is 11.0. The summed E-state index contributed by atoms with van der Waals surface area (Å²) in [6, 6.07) is 0. The van der Waals surface area contributed by atoms with Crippen LogP contribution in [0.3, 0.4) is 0 Å². The molecule has 0 radical (unpaired) electrons. The van der Waals surface area contributed by atoms with Crippen LogP contribution in [-0.4, -0.2) is 55.4 Å². The van der Waals surface area contributed by atoms with Crippen molar-refractivity contribution in [2.45, 2.75) is 19.8 Å². The first-order valence-electron chi connectivity index (χ1n) is 5.50. The molecule has 2 rings (SSSR count). The van der Waals surface area contributed by atoms with Gasteiger partial charge < -0.3 is 4.90 Å². The fourth-order valence-corrected chi connectivity index (χ4v) is 2.97. The Morgan fingerprint density at radius 2 is 2.00 bits per heavy atom. The van der Waals surface area contributed by atoms with E-state index in [0.29, 0.717) is 17.7 Å². The number of hydrogen-bond donors (Lipinski definition) is 0. The molecule has 0 amide bonds. The van der Waals surface area contributed by atoms with E-state index in [4.69, 9.17) is 0 Å². The molecule has 0 aromatic carbocycles. The average Bonchev–Trinajstić information content (AvgIpc) is 2.60. The predicted octanol–water partition coefficient (Wildman–Crippen LogP) is 0.603. The van der Waals surface area contributed by atoms with Crippen LogP contribution in [0.15, 0.2) is 0 Å². The number of rotatable bonds is 2. The molecule has 0 N–H and O–H groups in total. The van der Waals surface area contributed by atoms with Crippen molar-refractivity contribution >= 4 is 5.78 Å². The van der Waals surface area contributed by atoms with Gasteiger partial charge in [-0.25, -0.2) is 0 Å². The zero-order chi connectivity index (χ0) is 10.2. The van der Waals surface area contributed by atoms with Crippen LogP contribution in [-0.2, 0) is 4.79 Å². The van der Waals surface area contributed by atoms with Crippen LogP contribution in [0.1, 0.15) is 19.8 Å². The van der Waals surface area contributed by atoms with Crippen molar-refractivity contribution in [3.63, 3.8) is 0 Å². The summed E-state index contributed by atoms with van der Waals surface area (Å²) in [7, 11) is 2.20. The summed E-state index contributed by atoms with van der Waals surface area (Å²) in [5, 5.41) is 0. The Bertz CT molecular complexity index is 241. The summed E-state index contributed by atoms with van der Waals surface area (Å²) in [6.45, 7) is 7.05. The first kappa shape index (κ1) is 10.1. The molecule has 0 aromatic rings. The molecule has 2 fully saturated rings. The third-order valence-electron chi connectivity index (χ3n) is 3.59. The molecule has 1 atom stereocenters. The third-order valence-corrected chi connectivity index (χ3v) is 3.59. The number of nitrogens with zero attached hydrogens (tertiary/aromatic N) is 2. The summed E-state index contributed by atoms with van der Waals surface area (Å²) in [4.78, 5) is 15.8. The normalized spacial score (nSPS) is 34.4. The Balaban J connectivity index is 1.91. The monoisotopic (exact) mass is 196 g/mol. The minimum Gasteiger partial charge on any atom is -0.306 e. The maximum atomic E-state index is 11.0. The highest BCUT2D eigenvalue weighted by Gasteiger charge is 2.42. The highest BCUT2D eigenvalue weighted by molar-refractivity contribution is 5.77. The molecule has 0 aliphatic carbocycles. The second-order valence-corrected chi connectivity index (χ2v) is 5.15. The fraction of sp³-hybridized carbons (Fsp3) is 0.909. The zero-order valence-electron chi connectivity index (χ0n) is 9.25. The van der Waals surface area contributed by atoms with Gasteiger partial charge in [-0.2, -0.15) is 0 Å². The van der Waals surface area contributed by atoms with Gasteiger partial charge in [-0.05, 0) is 45.3 Å². The van der Waals surface area contributed by atoms with Gasteiger partial charge in [0.25, 0.3) is 0 Å². The lowest BCUT2D eigenvalue weighted by Crippen LogP contribution is -2.32. The number of Topliss-reactive ketones (excluding diaryl/α,β-unsaturated/α-hetero) is 1. The quantitative estimate of drug-likeness (QED) is 0.646. The van der Waals surface area contributed by atoms with E-state index >= 15 is 0 Å². The molecule has 1 unspecified atom stereocenters. The van der Waals surface area contributed by atoms with Gasteiger partial charge in [0.15, 0.2) is 0 Å². The van der Waals surface area contributed by atoms with Crippen LogP contribution < -0.4 is 0 Å². The van der Waals surface area contributed by atoms with Gasteiger partial charge in [0.2, 0.25) is 0 Å². The van der Waals surface area contributed by atoms with E-state index in [1.807, 2.05) is 0 Å². The molecule has 3 heteroatoms. The van der Waals surface area contributed by atoms with Crippen molar-refractivity contribution in [3.8, 4) is 0 Å². The van der Waals surface area contributed by atoms with Gasteiger partial charge in [-0.15, -0.1) is 0 Å². The van der Waals surface area contributed by atoms with Crippen molar-refractivity contribution in [2.24, 2.45) is 5.41 Å². The smallest absolute Gasteiger partial charge is 0.143 e. The standard InChI is InChI=1S/C11H20N2O/c1-10(14)7-13-6-4-11(9-13)3-5-12(2)8-11/h3-9H2,1-2H3. The Labute approximate surface area is 86.1 Å². The topological polar surface area (TPSA) is 23.6 Å². The SMILES string of the molecule is CC(=O)CN1CCC2(CCN(C)C2)C1. The third kappa shape index (κ3) is 1.98. The van der Waals surface area contributed by atoms with E-state index in [2.05, 4.69) is 16.8 Å². The Kier molecular flexibility index (Phi) is 2.62. The number of carbonyl (C=O) groups excluding carboxylic acids is 1. The van der Waals surface area contributed by atoms with Crippen LogP contribution in [0, 0.1) is 5.41 Å². The zero-order valence-corrected chi connectivity index (χ0v) is 9.25. The number of ketones is 1. The van der Waals surface area contributed by atoms with E-state index in [-0.39, 0.29) is 0 Å². The van der Waals surface area contributed by atoms with Crippen molar-refractivity contribution in [2.75, 3.05) is 39.8 Å². The van der Waals surface area contributed by atoms with Gasteiger partial charge in [-0.1, -0.05) is 0 Å². The molecule has 2 heterocycles. The summed E-state index contributed by atoms with van der Waals surface area (Å²) in [5.74, 6) is 0.299. The van der Waals surface area contributed by atoms with Crippen molar-refractivity contribution in [3.05, 3.63) is 0 Å². The largest absolute Gasteiger partial charge is 0.306 e. The molecule has 3 nitrogen and oxygen atoms in total. The summed E-state index contributed by atoms with van der Waals surface area (Å²) in [5.41, 5.74) is 0.518. The van der Waals surface area contributed by atoms with E-state index in [9.17, 15) is 4.79 Å². The van der Waals surface area contributed by atoms with E-state index in [1.54, 1.807) is 6.92 Å². The highest BCUT2D eigenvalue weighted by Crippen LogP contribution is 2.38. The second kappa shape index (κ2) is 3.63. The van der Waals surface area contributed by atoms with Crippen LogP contribution >= 0.6 is 0 Å². The molecule has 0 aromatic heterocycles. The Morgan fingerprint density at radius 1 is 1.29 bits per heavy atom. The van der Waals surface area contributed by atoms with Crippen LogP contribution in [0.25, 0.3) is 0 Å². The lowest BCUT2D eigenvalue weighted by molar-refractivity contribution is -0.117. The minimum atomic E-state index is 0.299. The average molecular weight is 196 g/mol. The minimum absolute atomic E-state index is 0.299. The van der Waals surface area contributed by atoms with Crippen LogP contribution in [0.2, 0.25) is 0 Å². The van der Waals surface area contributed by atoms with Crippen molar-refractivity contribution in [1.82, 2.24) is 9.80 Å². The van der Waals surface area contributed by atoms with Gasteiger partial charge in [0.05, 0.1) is 6.54 Å². The van der Waals surface area contributed by atoms with Crippen molar-refractivity contribution in [1.29, 1.82) is 0 Å². The maximum Gasteiger partial charge on any atom is 0.143 e. The lowest BCUT2D eigenvalue weighted by atomic mass is 9.86.